The van der Waals surface area contributed by atoms with Gasteiger partial charge in [0.25, 0.3) is 0 Å². The second-order valence-corrected chi connectivity index (χ2v) is 6.59. The number of benzene rings is 1. The van der Waals surface area contributed by atoms with Crippen molar-refractivity contribution >= 4 is 0 Å². The lowest BCUT2D eigenvalue weighted by molar-refractivity contribution is 0.286. The van der Waals surface area contributed by atoms with E-state index < -0.39 is 0 Å². The van der Waals surface area contributed by atoms with Gasteiger partial charge in [0, 0.05) is 6.07 Å². The fourth-order valence-corrected chi connectivity index (χ4v) is 3.35. The van der Waals surface area contributed by atoms with Gasteiger partial charge in [0.05, 0.1) is 7.11 Å². The summed E-state index contributed by atoms with van der Waals surface area (Å²) in [6.07, 6.45) is 4.76. The summed E-state index contributed by atoms with van der Waals surface area (Å²) in [5, 5.41) is 3.55. The molecule has 1 aliphatic carbocycles. The van der Waals surface area contributed by atoms with Crippen molar-refractivity contribution in [3.63, 3.8) is 0 Å². The first-order chi connectivity index (χ1) is 10.1. The van der Waals surface area contributed by atoms with E-state index in [-0.39, 0.29) is 5.82 Å². The second kappa shape index (κ2) is 7.79. The number of nitrogens with one attached hydrogen (secondary N) is 1. The molecule has 2 atom stereocenters. The number of hydrogen-bond acceptors (Lipinski definition) is 2. The Morgan fingerprint density at radius 3 is 2.71 bits per heavy atom. The molecular weight excluding hydrogens is 265 g/mol. The first-order valence-electron chi connectivity index (χ1n) is 8.16. The van der Waals surface area contributed by atoms with Gasteiger partial charge in [-0.3, -0.25) is 0 Å². The highest BCUT2D eigenvalue weighted by Crippen LogP contribution is 2.39. The van der Waals surface area contributed by atoms with Crippen LogP contribution < -0.4 is 10.1 Å². The van der Waals surface area contributed by atoms with E-state index in [1.807, 2.05) is 12.1 Å². The molecule has 1 fully saturated rings. The number of methoxy groups -OCH3 is 1. The molecule has 0 aromatic heterocycles. The van der Waals surface area contributed by atoms with Crippen molar-refractivity contribution in [2.45, 2.75) is 45.4 Å². The van der Waals surface area contributed by atoms with E-state index in [1.165, 1.54) is 25.3 Å². The molecule has 0 radical (unpaired) electrons. The van der Waals surface area contributed by atoms with Crippen LogP contribution in [0.3, 0.4) is 0 Å². The topological polar surface area (TPSA) is 21.3 Å². The van der Waals surface area contributed by atoms with E-state index >= 15 is 0 Å². The van der Waals surface area contributed by atoms with Crippen LogP contribution in [0.15, 0.2) is 18.2 Å². The maximum absolute atomic E-state index is 14.3. The average Bonchev–Trinajstić information content (AvgIpc) is 2.47. The molecular formula is C18H28FNO. The standard InChI is InChI=1S/C18H28FNO/c1-13(2)11-20-12-14-6-4-5-7-16(14)17-9-8-15(21-3)10-18(17)19/h8-10,13-14,16,20H,4-7,11-12H2,1-3H3. The SMILES string of the molecule is COc1ccc(C2CCCCC2CNCC(C)C)c(F)c1. The predicted molar refractivity (Wildman–Crippen MR) is 85.4 cm³/mol. The molecule has 118 valence electrons. The Morgan fingerprint density at radius 1 is 1.29 bits per heavy atom. The lowest BCUT2D eigenvalue weighted by Gasteiger charge is -2.32. The van der Waals surface area contributed by atoms with Crippen molar-refractivity contribution in [3.8, 4) is 5.75 Å². The number of rotatable bonds is 6. The average molecular weight is 293 g/mol. The van der Waals surface area contributed by atoms with Gasteiger partial charge in [0.15, 0.2) is 0 Å². The van der Waals surface area contributed by atoms with Gasteiger partial charge in [-0.05, 0) is 55.3 Å². The lowest BCUT2D eigenvalue weighted by Crippen LogP contribution is -2.31. The Bertz CT molecular complexity index is 447. The molecule has 21 heavy (non-hydrogen) atoms. The van der Waals surface area contributed by atoms with Gasteiger partial charge >= 0.3 is 0 Å². The van der Waals surface area contributed by atoms with E-state index in [4.69, 9.17) is 4.74 Å². The summed E-state index contributed by atoms with van der Waals surface area (Å²) in [6, 6.07) is 5.31. The van der Waals surface area contributed by atoms with E-state index in [0.717, 1.165) is 25.1 Å². The highest BCUT2D eigenvalue weighted by atomic mass is 19.1. The third-order valence-corrected chi connectivity index (χ3v) is 4.48. The Morgan fingerprint density at radius 2 is 2.05 bits per heavy atom. The van der Waals surface area contributed by atoms with Crippen LogP contribution in [0, 0.1) is 17.7 Å². The van der Waals surface area contributed by atoms with Crippen molar-refractivity contribution in [3.05, 3.63) is 29.6 Å². The van der Waals surface area contributed by atoms with Crippen molar-refractivity contribution in [2.75, 3.05) is 20.2 Å². The Balaban J connectivity index is 2.07. The fraction of sp³-hybridized carbons (Fsp3) is 0.667. The maximum Gasteiger partial charge on any atom is 0.130 e. The largest absolute Gasteiger partial charge is 0.497 e. The predicted octanol–water partition coefficient (Wildman–Crippen LogP) is 4.35. The van der Waals surface area contributed by atoms with Gasteiger partial charge in [-0.2, -0.15) is 0 Å². The van der Waals surface area contributed by atoms with Crippen LogP contribution in [-0.2, 0) is 0 Å². The van der Waals surface area contributed by atoms with Crippen LogP contribution in [0.1, 0.15) is 51.0 Å². The highest BCUT2D eigenvalue weighted by Gasteiger charge is 2.28. The van der Waals surface area contributed by atoms with Crippen LogP contribution >= 0.6 is 0 Å². The molecule has 0 bridgehead atoms. The fourth-order valence-electron chi connectivity index (χ4n) is 3.35. The van der Waals surface area contributed by atoms with Crippen molar-refractivity contribution < 1.29 is 9.13 Å². The van der Waals surface area contributed by atoms with Gasteiger partial charge in [0.2, 0.25) is 0 Å². The van der Waals surface area contributed by atoms with Crippen LogP contribution in [0.5, 0.6) is 5.75 Å². The highest BCUT2D eigenvalue weighted by molar-refractivity contribution is 5.31. The molecule has 1 aliphatic rings. The van der Waals surface area contributed by atoms with Gasteiger partial charge in [-0.15, -0.1) is 0 Å². The van der Waals surface area contributed by atoms with Crippen molar-refractivity contribution in [1.82, 2.24) is 5.32 Å². The summed E-state index contributed by atoms with van der Waals surface area (Å²) in [6.45, 7) is 6.46. The zero-order valence-electron chi connectivity index (χ0n) is 13.5. The third-order valence-electron chi connectivity index (χ3n) is 4.48. The van der Waals surface area contributed by atoms with Crippen LogP contribution in [-0.4, -0.2) is 20.2 Å². The molecule has 2 nitrogen and oxygen atoms in total. The van der Waals surface area contributed by atoms with E-state index in [9.17, 15) is 4.39 Å². The molecule has 0 aliphatic heterocycles. The number of hydrogen-bond donors (Lipinski definition) is 1. The summed E-state index contributed by atoms with van der Waals surface area (Å²) < 4.78 is 19.4. The lowest BCUT2D eigenvalue weighted by atomic mass is 9.75. The Kier molecular flexibility index (Phi) is 6.04. The quantitative estimate of drug-likeness (QED) is 0.841. The summed E-state index contributed by atoms with van der Waals surface area (Å²) in [4.78, 5) is 0. The van der Waals surface area contributed by atoms with Gasteiger partial charge in [-0.1, -0.05) is 32.8 Å². The van der Waals surface area contributed by atoms with Crippen molar-refractivity contribution in [2.24, 2.45) is 11.8 Å². The van der Waals surface area contributed by atoms with Crippen LogP contribution in [0.4, 0.5) is 4.39 Å². The molecule has 1 saturated carbocycles. The molecule has 2 rings (SSSR count). The number of ether oxygens (including phenoxy) is 1. The monoisotopic (exact) mass is 293 g/mol. The van der Waals surface area contributed by atoms with Crippen LogP contribution in [0.2, 0.25) is 0 Å². The number of halogens is 1. The summed E-state index contributed by atoms with van der Waals surface area (Å²) >= 11 is 0. The summed E-state index contributed by atoms with van der Waals surface area (Å²) in [7, 11) is 1.58. The summed E-state index contributed by atoms with van der Waals surface area (Å²) in [5.41, 5.74) is 0.867. The van der Waals surface area contributed by atoms with E-state index in [2.05, 4.69) is 19.2 Å². The molecule has 2 unspecified atom stereocenters. The summed E-state index contributed by atoms with van der Waals surface area (Å²) in [5.74, 6) is 2.02. The van der Waals surface area contributed by atoms with E-state index in [0.29, 0.717) is 23.5 Å². The normalized spacial score (nSPS) is 22.5. The van der Waals surface area contributed by atoms with Crippen LogP contribution in [0.25, 0.3) is 0 Å². The zero-order valence-corrected chi connectivity index (χ0v) is 13.5. The minimum Gasteiger partial charge on any atom is -0.497 e. The maximum atomic E-state index is 14.3. The van der Waals surface area contributed by atoms with Gasteiger partial charge in [0.1, 0.15) is 11.6 Å². The zero-order chi connectivity index (χ0) is 15.2. The van der Waals surface area contributed by atoms with Gasteiger partial charge < -0.3 is 10.1 Å². The first kappa shape index (κ1) is 16.3. The second-order valence-electron chi connectivity index (χ2n) is 6.59. The molecule has 1 aromatic rings. The first-order valence-corrected chi connectivity index (χ1v) is 8.16. The minimum atomic E-state index is -0.116. The molecule has 0 saturated heterocycles. The smallest absolute Gasteiger partial charge is 0.130 e. The molecule has 3 heteroatoms. The molecule has 0 heterocycles. The molecule has 0 spiro atoms. The van der Waals surface area contributed by atoms with Crippen molar-refractivity contribution in [1.29, 1.82) is 0 Å². The van der Waals surface area contributed by atoms with Gasteiger partial charge in [-0.25, -0.2) is 4.39 Å². The Labute approximate surface area is 128 Å². The molecule has 1 N–H and O–H groups in total. The third kappa shape index (κ3) is 4.44. The minimum absolute atomic E-state index is 0.116. The molecule has 1 aromatic carbocycles. The molecule has 0 amide bonds. The Hall–Kier alpha value is -1.09. The van der Waals surface area contributed by atoms with E-state index in [1.54, 1.807) is 7.11 Å².